The van der Waals surface area contributed by atoms with Crippen molar-refractivity contribution >= 4 is 0 Å². The monoisotopic (exact) mass is 242 g/mol. The Morgan fingerprint density at radius 2 is 1.39 bits per heavy atom. The molecule has 0 saturated carbocycles. The topological polar surface area (TPSA) is 0 Å². The van der Waals surface area contributed by atoms with Crippen LogP contribution in [0.25, 0.3) is 0 Å². The molecule has 94 valence electrons. The third-order valence-corrected chi connectivity index (χ3v) is 3.67. The van der Waals surface area contributed by atoms with E-state index in [9.17, 15) is 4.39 Å². The Labute approximate surface area is 108 Å². The van der Waals surface area contributed by atoms with E-state index < -0.39 is 0 Å². The molecule has 0 amide bonds. The Balaban J connectivity index is 2.46. The smallest absolute Gasteiger partial charge is 0.126 e. The summed E-state index contributed by atoms with van der Waals surface area (Å²) >= 11 is 0. The maximum absolute atomic E-state index is 13.7. The highest BCUT2D eigenvalue weighted by atomic mass is 19.1. The zero-order chi connectivity index (χ0) is 13.3. The standard InChI is InChI=1S/C17H19F/c1-12-5-8-14(9-6-12)17(3,4)15-10-7-13(2)16(18)11-15/h5-11H,1-4H3. The van der Waals surface area contributed by atoms with Crippen LogP contribution >= 0.6 is 0 Å². The summed E-state index contributed by atoms with van der Waals surface area (Å²) in [5, 5.41) is 0. The van der Waals surface area contributed by atoms with Crippen LogP contribution in [0.3, 0.4) is 0 Å². The third kappa shape index (κ3) is 2.31. The molecule has 0 saturated heterocycles. The first-order valence-electron chi connectivity index (χ1n) is 6.25. The van der Waals surface area contributed by atoms with E-state index in [0.717, 1.165) is 5.56 Å². The molecule has 0 aliphatic carbocycles. The largest absolute Gasteiger partial charge is 0.207 e. The molecule has 18 heavy (non-hydrogen) atoms. The average Bonchev–Trinajstić information content (AvgIpc) is 2.33. The highest BCUT2D eigenvalue weighted by Crippen LogP contribution is 2.32. The van der Waals surface area contributed by atoms with Crippen LogP contribution < -0.4 is 0 Å². The highest BCUT2D eigenvalue weighted by Gasteiger charge is 2.23. The number of halogens is 1. The van der Waals surface area contributed by atoms with Gasteiger partial charge in [0.1, 0.15) is 5.82 Å². The molecule has 0 nitrogen and oxygen atoms in total. The van der Waals surface area contributed by atoms with Crippen molar-refractivity contribution in [2.45, 2.75) is 33.1 Å². The van der Waals surface area contributed by atoms with Gasteiger partial charge in [-0.05, 0) is 36.6 Å². The minimum atomic E-state index is -0.178. The molecule has 2 aromatic carbocycles. The predicted molar refractivity (Wildman–Crippen MR) is 74.4 cm³/mol. The van der Waals surface area contributed by atoms with E-state index >= 15 is 0 Å². The Morgan fingerprint density at radius 3 is 1.94 bits per heavy atom. The summed E-state index contributed by atoms with van der Waals surface area (Å²) in [6.45, 7) is 8.11. The fraction of sp³-hybridized carbons (Fsp3) is 0.294. The van der Waals surface area contributed by atoms with Crippen molar-refractivity contribution in [2.75, 3.05) is 0 Å². The maximum atomic E-state index is 13.7. The van der Waals surface area contributed by atoms with Crippen molar-refractivity contribution in [3.63, 3.8) is 0 Å². The van der Waals surface area contributed by atoms with E-state index in [1.165, 1.54) is 11.1 Å². The van der Waals surface area contributed by atoms with Crippen LogP contribution in [0.2, 0.25) is 0 Å². The van der Waals surface area contributed by atoms with E-state index in [2.05, 4.69) is 45.0 Å². The molecule has 0 spiro atoms. The first kappa shape index (κ1) is 12.8. The summed E-state index contributed by atoms with van der Waals surface area (Å²) in [6, 6.07) is 13.9. The molecular formula is C17H19F. The summed E-state index contributed by atoms with van der Waals surface area (Å²) in [5.41, 5.74) is 3.97. The van der Waals surface area contributed by atoms with Crippen molar-refractivity contribution in [1.82, 2.24) is 0 Å². The van der Waals surface area contributed by atoms with Crippen LogP contribution in [-0.4, -0.2) is 0 Å². The highest BCUT2D eigenvalue weighted by molar-refractivity contribution is 5.39. The fourth-order valence-electron chi connectivity index (χ4n) is 2.12. The molecule has 0 aromatic heterocycles. The van der Waals surface area contributed by atoms with Crippen molar-refractivity contribution in [1.29, 1.82) is 0 Å². The molecule has 0 bridgehead atoms. The molecule has 0 unspecified atom stereocenters. The number of aryl methyl sites for hydroxylation is 2. The normalized spacial score (nSPS) is 11.6. The van der Waals surface area contributed by atoms with Gasteiger partial charge in [0.15, 0.2) is 0 Å². The fourth-order valence-corrected chi connectivity index (χ4v) is 2.12. The van der Waals surface area contributed by atoms with Crippen LogP contribution in [0.4, 0.5) is 4.39 Å². The third-order valence-electron chi connectivity index (χ3n) is 3.67. The Morgan fingerprint density at radius 1 is 0.833 bits per heavy atom. The first-order chi connectivity index (χ1) is 8.41. The maximum Gasteiger partial charge on any atom is 0.126 e. The number of hydrogen-bond donors (Lipinski definition) is 0. The van der Waals surface area contributed by atoms with Crippen LogP contribution in [0.1, 0.15) is 36.1 Å². The zero-order valence-electron chi connectivity index (χ0n) is 11.4. The van der Waals surface area contributed by atoms with Crippen LogP contribution in [0.5, 0.6) is 0 Å². The summed E-state index contributed by atoms with van der Waals surface area (Å²) in [7, 11) is 0. The van der Waals surface area contributed by atoms with Gasteiger partial charge in [0.05, 0.1) is 0 Å². The minimum absolute atomic E-state index is 0.132. The SMILES string of the molecule is Cc1ccc(C(C)(C)c2ccc(C)c(F)c2)cc1. The van der Waals surface area contributed by atoms with E-state index in [-0.39, 0.29) is 11.2 Å². The molecule has 2 rings (SSSR count). The second-order valence-electron chi connectivity index (χ2n) is 5.45. The van der Waals surface area contributed by atoms with Gasteiger partial charge in [0, 0.05) is 5.41 Å². The zero-order valence-corrected chi connectivity index (χ0v) is 11.4. The van der Waals surface area contributed by atoms with Gasteiger partial charge >= 0.3 is 0 Å². The molecule has 2 aromatic rings. The lowest BCUT2D eigenvalue weighted by Gasteiger charge is -2.26. The van der Waals surface area contributed by atoms with Crippen LogP contribution in [0.15, 0.2) is 42.5 Å². The Bertz CT molecular complexity index is 550. The van der Waals surface area contributed by atoms with Crippen LogP contribution in [-0.2, 0) is 5.41 Å². The van der Waals surface area contributed by atoms with Gasteiger partial charge in [-0.2, -0.15) is 0 Å². The lowest BCUT2D eigenvalue weighted by molar-refractivity contribution is 0.594. The van der Waals surface area contributed by atoms with E-state index in [1.807, 2.05) is 12.1 Å². The summed E-state index contributed by atoms with van der Waals surface area (Å²) < 4.78 is 13.7. The van der Waals surface area contributed by atoms with Gasteiger partial charge in [-0.3, -0.25) is 0 Å². The second-order valence-corrected chi connectivity index (χ2v) is 5.45. The van der Waals surface area contributed by atoms with Gasteiger partial charge < -0.3 is 0 Å². The Hall–Kier alpha value is -1.63. The average molecular weight is 242 g/mol. The first-order valence-corrected chi connectivity index (χ1v) is 6.25. The molecule has 1 heteroatoms. The van der Waals surface area contributed by atoms with Gasteiger partial charge in [-0.25, -0.2) is 4.39 Å². The van der Waals surface area contributed by atoms with Crippen molar-refractivity contribution < 1.29 is 4.39 Å². The molecule has 0 atom stereocenters. The molecule has 0 aliphatic rings. The van der Waals surface area contributed by atoms with Gasteiger partial charge in [0.25, 0.3) is 0 Å². The van der Waals surface area contributed by atoms with Gasteiger partial charge in [0.2, 0.25) is 0 Å². The number of rotatable bonds is 2. The van der Waals surface area contributed by atoms with Crippen molar-refractivity contribution in [3.05, 3.63) is 70.5 Å². The van der Waals surface area contributed by atoms with E-state index in [1.54, 1.807) is 13.0 Å². The van der Waals surface area contributed by atoms with Crippen molar-refractivity contribution in [3.8, 4) is 0 Å². The summed E-state index contributed by atoms with van der Waals surface area (Å²) in [6.07, 6.45) is 0. The van der Waals surface area contributed by atoms with Gasteiger partial charge in [-0.15, -0.1) is 0 Å². The van der Waals surface area contributed by atoms with Gasteiger partial charge in [-0.1, -0.05) is 55.8 Å². The lowest BCUT2D eigenvalue weighted by atomic mass is 9.78. The van der Waals surface area contributed by atoms with E-state index in [4.69, 9.17) is 0 Å². The number of hydrogen-bond acceptors (Lipinski definition) is 0. The quantitative estimate of drug-likeness (QED) is 0.711. The Kier molecular flexibility index (Phi) is 3.25. The molecule has 0 heterocycles. The molecule has 0 radical (unpaired) electrons. The minimum Gasteiger partial charge on any atom is -0.207 e. The molecule has 0 N–H and O–H groups in total. The number of benzene rings is 2. The summed E-state index contributed by atoms with van der Waals surface area (Å²) in [5.74, 6) is -0.132. The van der Waals surface area contributed by atoms with Crippen LogP contribution in [0, 0.1) is 19.7 Å². The lowest BCUT2D eigenvalue weighted by Crippen LogP contribution is -2.19. The predicted octanol–water partition coefficient (Wildman–Crippen LogP) is 4.77. The molecule has 0 fully saturated rings. The molecular weight excluding hydrogens is 223 g/mol. The summed E-state index contributed by atoms with van der Waals surface area (Å²) in [4.78, 5) is 0. The van der Waals surface area contributed by atoms with Crippen molar-refractivity contribution in [2.24, 2.45) is 0 Å². The second kappa shape index (κ2) is 4.56. The molecule has 0 aliphatic heterocycles. The van der Waals surface area contributed by atoms with E-state index in [0.29, 0.717) is 5.56 Å².